The smallest absolute Gasteiger partial charge is 0.180 e. The Morgan fingerprint density at radius 2 is 1.95 bits per heavy atom. The Kier molecular flexibility index (Phi) is 6.27. The van der Waals surface area contributed by atoms with Gasteiger partial charge in [0.15, 0.2) is 9.84 Å². The SMILES string of the molecule is CCS(=O)(=O)c1ccccc1NCCNCC(C)O. The molecule has 0 aliphatic rings. The van der Waals surface area contributed by atoms with E-state index in [0.717, 1.165) is 0 Å². The zero-order chi connectivity index (χ0) is 14.3. The molecular formula is C13H22N2O3S. The highest BCUT2D eigenvalue weighted by molar-refractivity contribution is 7.91. The van der Waals surface area contributed by atoms with E-state index in [-0.39, 0.29) is 11.9 Å². The topological polar surface area (TPSA) is 78.4 Å². The van der Waals surface area contributed by atoms with Gasteiger partial charge in [0.1, 0.15) is 0 Å². The van der Waals surface area contributed by atoms with Gasteiger partial charge in [-0.2, -0.15) is 0 Å². The second kappa shape index (κ2) is 7.47. The summed E-state index contributed by atoms with van der Waals surface area (Å²) in [6, 6.07) is 6.90. The van der Waals surface area contributed by atoms with Gasteiger partial charge < -0.3 is 15.7 Å². The maximum absolute atomic E-state index is 11.9. The van der Waals surface area contributed by atoms with Gasteiger partial charge in [0, 0.05) is 19.6 Å². The Morgan fingerprint density at radius 1 is 1.26 bits per heavy atom. The van der Waals surface area contributed by atoms with Gasteiger partial charge in [0.25, 0.3) is 0 Å². The Morgan fingerprint density at radius 3 is 2.58 bits per heavy atom. The molecule has 0 fully saturated rings. The van der Waals surface area contributed by atoms with Crippen molar-refractivity contribution in [1.29, 1.82) is 0 Å². The number of sulfone groups is 1. The number of nitrogens with one attached hydrogen (secondary N) is 2. The molecule has 1 rings (SSSR count). The summed E-state index contributed by atoms with van der Waals surface area (Å²) in [5, 5.41) is 15.3. The number of aliphatic hydroxyl groups is 1. The van der Waals surface area contributed by atoms with Crippen LogP contribution in [0.4, 0.5) is 5.69 Å². The van der Waals surface area contributed by atoms with Gasteiger partial charge >= 0.3 is 0 Å². The van der Waals surface area contributed by atoms with Crippen molar-refractivity contribution in [2.45, 2.75) is 24.8 Å². The monoisotopic (exact) mass is 286 g/mol. The molecule has 1 unspecified atom stereocenters. The fourth-order valence-corrected chi connectivity index (χ4v) is 2.71. The maximum Gasteiger partial charge on any atom is 0.180 e. The first-order chi connectivity index (χ1) is 8.97. The minimum Gasteiger partial charge on any atom is -0.392 e. The fraction of sp³-hybridized carbons (Fsp3) is 0.538. The summed E-state index contributed by atoms with van der Waals surface area (Å²) in [4.78, 5) is 0.341. The number of benzene rings is 1. The first-order valence-corrected chi connectivity index (χ1v) is 8.07. The molecule has 0 heterocycles. The second-order valence-electron chi connectivity index (χ2n) is 4.38. The van der Waals surface area contributed by atoms with Crippen LogP contribution in [0.5, 0.6) is 0 Å². The fourth-order valence-electron chi connectivity index (χ4n) is 1.64. The van der Waals surface area contributed by atoms with Crippen LogP contribution in [0.1, 0.15) is 13.8 Å². The van der Waals surface area contributed by atoms with Crippen molar-refractivity contribution in [2.24, 2.45) is 0 Å². The molecule has 0 aliphatic carbocycles. The van der Waals surface area contributed by atoms with Crippen LogP contribution in [0.3, 0.4) is 0 Å². The van der Waals surface area contributed by atoms with Crippen molar-refractivity contribution >= 4 is 15.5 Å². The zero-order valence-corrected chi connectivity index (χ0v) is 12.2. The molecule has 0 saturated heterocycles. The van der Waals surface area contributed by atoms with Crippen molar-refractivity contribution in [3.8, 4) is 0 Å². The van der Waals surface area contributed by atoms with Crippen LogP contribution in [-0.2, 0) is 9.84 Å². The molecule has 19 heavy (non-hydrogen) atoms. The van der Waals surface area contributed by atoms with E-state index in [2.05, 4.69) is 10.6 Å². The van der Waals surface area contributed by atoms with Crippen LogP contribution in [0, 0.1) is 0 Å². The summed E-state index contributed by atoms with van der Waals surface area (Å²) in [6.07, 6.45) is -0.382. The minimum atomic E-state index is -3.21. The summed E-state index contributed by atoms with van der Waals surface area (Å²) in [6.45, 7) is 5.13. The van der Waals surface area contributed by atoms with E-state index in [4.69, 9.17) is 5.11 Å². The lowest BCUT2D eigenvalue weighted by Gasteiger charge is -2.12. The first-order valence-electron chi connectivity index (χ1n) is 6.42. The molecule has 0 saturated carbocycles. The van der Waals surface area contributed by atoms with Crippen LogP contribution in [0.25, 0.3) is 0 Å². The molecule has 108 valence electrons. The third kappa shape index (κ3) is 5.18. The Balaban J connectivity index is 2.59. The number of hydrogen-bond donors (Lipinski definition) is 3. The van der Waals surface area contributed by atoms with Crippen LogP contribution in [0.2, 0.25) is 0 Å². The first kappa shape index (κ1) is 15.9. The molecule has 1 aromatic carbocycles. The Labute approximate surface area is 115 Å². The standard InChI is InChI=1S/C13H22N2O3S/c1-3-19(17,18)13-7-5-4-6-12(13)15-9-8-14-10-11(2)16/h4-7,11,14-16H,3,8-10H2,1-2H3. The van der Waals surface area contributed by atoms with E-state index >= 15 is 0 Å². The average molecular weight is 286 g/mol. The number of aliphatic hydroxyl groups excluding tert-OH is 1. The molecule has 0 amide bonds. The third-order valence-electron chi connectivity index (χ3n) is 2.66. The van der Waals surface area contributed by atoms with Crippen molar-refractivity contribution in [1.82, 2.24) is 5.32 Å². The normalized spacial score (nSPS) is 13.2. The lowest BCUT2D eigenvalue weighted by Crippen LogP contribution is -2.29. The number of anilines is 1. The molecule has 1 atom stereocenters. The van der Waals surface area contributed by atoms with E-state index in [9.17, 15) is 8.42 Å². The van der Waals surface area contributed by atoms with Crippen LogP contribution >= 0.6 is 0 Å². The summed E-state index contributed by atoms with van der Waals surface area (Å²) in [5.74, 6) is 0.0893. The lowest BCUT2D eigenvalue weighted by molar-refractivity contribution is 0.192. The predicted octanol–water partition coefficient (Wildman–Crippen LogP) is 0.863. The highest BCUT2D eigenvalue weighted by Gasteiger charge is 2.15. The predicted molar refractivity (Wildman–Crippen MR) is 77.2 cm³/mol. The molecule has 0 aliphatic heterocycles. The van der Waals surface area contributed by atoms with Crippen LogP contribution in [0.15, 0.2) is 29.2 Å². The van der Waals surface area contributed by atoms with E-state index in [1.165, 1.54) is 0 Å². The molecule has 0 bridgehead atoms. The summed E-state index contributed by atoms with van der Waals surface area (Å²) < 4.78 is 23.8. The van der Waals surface area contributed by atoms with Gasteiger partial charge in [0.2, 0.25) is 0 Å². The molecule has 3 N–H and O–H groups in total. The van der Waals surface area contributed by atoms with Crippen LogP contribution < -0.4 is 10.6 Å². The van der Waals surface area contributed by atoms with Gasteiger partial charge in [0.05, 0.1) is 22.4 Å². The van der Waals surface area contributed by atoms with E-state index in [1.54, 1.807) is 38.1 Å². The zero-order valence-electron chi connectivity index (χ0n) is 11.4. The third-order valence-corrected chi connectivity index (χ3v) is 4.45. The molecule has 5 nitrogen and oxygen atoms in total. The Hall–Kier alpha value is -1.11. The quantitative estimate of drug-likeness (QED) is 0.618. The minimum absolute atomic E-state index is 0.0893. The second-order valence-corrected chi connectivity index (χ2v) is 6.63. The number of hydrogen-bond acceptors (Lipinski definition) is 5. The Bertz CT molecular complexity index is 486. The maximum atomic E-state index is 11.9. The molecule has 0 spiro atoms. The van der Waals surface area contributed by atoms with E-state index in [1.807, 2.05) is 0 Å². The average Bonchev–Trinajstić information content (AvgIpc) is 2.38. The molecule has 1 aromatic rings. The van der Waals surface area contributed by atoms with E-state index in [0.29, 0.717) is 30.2 Å². The molecular weight excluding hydrogens is 264 g/mol. The summed E-state index contributed by atoms with van der Waals surface area (Å²) in [5.41, 5.74) is 0.628. The van der Waals surface area contributed by atoms with Gasteiger partial charge in [-0.3, -0.25) is 0 Å². The molecule has 6 heteroatoms. The highest BCUT2D eigenvalue weighted by Crippen LogP contribution is 2.21. The van der Waals surface area contributed by atoms with Crippen molar-refractivity contribution in [2.75, 3.05) is 30.7 Å². The summed E-state index contributed by atoms with van der Waals surface area (Å²) in [7, 11) is -3.21. The molecule has 0 radical (unpaired) electrons. The van der Waals surface area contributed by atoms with Gasteiger partial charge in [-0.1, -0.05) is 19.1 Å². The summed E-state index contributed by atoms with van der Waals surface area (Å²) >= 11 is 0. The van der Waals surface area contributed by atoms with Gasteiger partial charge in [-0.25, -0.2) is 8.42 Å². The van der Waals surface area contributed by atoms with Crippen molar-refractivity contribution in [3.05, 3.63) is 24.3 Å². The number of para-hydroxylation sites is 1. The van der Waals surface area contributed by atoms with Crippen molar-refractivity contribution in [3.63, 3.8) is 0 Å². The van der Waals surface area contributed by atoms with Crippen LogP contribution in [-0.4, -0.2) is 45.0 Å². The van der Waals surface area contributed by atoms with Gasteiger partial charge in [-0.05, 0) is 19.1 Å². The largest absolute Gasteiger partial charge is 0.392 e. The lowest BCUT2D eigenvalue weighted by atomic mass is 10.3. The van der Waals surface area contributed by atoms with Crippen molar-refractivity contribution < 1.29 is 13.5 Å². The molecule has 0 aromatic heterocycles. The van der Waals surface area contributed by atoms with Gasteiger partial charge in [-0.15, -0.1) is 0 Å². The van der Waals surface area contributed by atoms with E-state index < -0.39 is 9.84 Å². The highest BCUT2D eigenvalue weighted by atomic mass is 32.2. The number of rotatable bonds is 8.